The Bertz CT molecular complexity index is 3390. The van der Waals surface area contributed by atoms with E-state index >= 15 is 0 Å². The highest BCUT2D eigenvalue weighted by atomic mass is 32.1. The van der Waals surface area contributed by atoms with Gasteiger partial charge in [-0.1, -0.05) is 158 Å². The maximum Gasteiger partial charge on any atom is 0.164 e. The fourth-order valence-electron chi connectivity index (χ4n) is 8.62. The van der Waals surface area contributed by atoms with E-state index in [1.54, 1.807) is 0 Å². The minimum absolute atomic E-state index is 0.640. The predicted octanol–water partition coefficient (Wildman–Crippen LogP) is 15.2. The Balaban J connectivity index is 1.01. The zero-order chi connectivity index (χ0) is 38.2. The quantitative estimate of drug-likeness (QED) is 0.164. The van der Waals surface area contributed by atoms with Crippen LogP contribution in [0.1, 0.15) is 0 Å². The highest BCUT2D eigenvalue weighted by molar-refractivity contribution is 7.26. The van der Waals surface area contributed by atoms with Gasteiger partial charge in [-0.25, -0.2) is 15.0 Å². The van der Waals surface area contributed by atoms with E-state index in [4.69, 9.17) is 15.0 Å². The summed E-state index contributed by atoms with van der Waals surface area (Å²) in [5, 5.41) is 9.85. The lowest BCUT2D eigenvalue weighted by Crippen LogP contribution is -2.01. The number of aromatic nitrogens is 3. The average Bonchev–Trinajstić information content (AvgIpc) is 3.88. The van der Waals surface area contributed by atoms with E-state index < -0.39 is 0 Å². The monoisotopic (exact) mass is 773 g/mol. The maximum absolute atomic E-state index is 5.24. The molecular weight excluding hydrogens is 743 g/mol. The minimum Gasteiger partial charge on any atom is -0.208 e. The van der Waals surface area contributed by atoms with Crippen LogP contribution in [0.15, 0.2) is 188 Å². The molecule has 0 saturated carbocycles. The van der Waals surface area contributed by atoms with Crippen LogP contribution < -0.4 is 0 Å². The third-order valence-electron chi connectivity index (χ3n) is 11.4. The van der Waals surface area contributed by atoms with Crippen molar-refractivity contribution in [3.05, 3.63) is 188 Å². The molecule has 9 aromatic carbocycles. The number of fused-ring (bicyclic) bond motifs is 9. The molecule has 12 rings (SSSR count). The van der Waals surface area contributed by atoms with Crippen molar-refractivity contribution < 1.29 is 0 Å². The van der Waals surface area contributed by atoms with E-state index in [1.807, 2.05) is 22.7 Å². The third kappa shape index (κ3) is 5.36. The van der Waals surface area contributed by atoms with Crippen molar-refractivity contribution in [2.45, 2.75) is 0 Å². The summed E-state index contributed by atoms with van der Waals surface area (Å²) in [6.45, 7) is 0. The van der Waals surface area contributed by atoms with Gasteiger partial charge in [0.1, 0.15) is 0 Å². The molecule has 12 aromatic rings. The molecule has 0 unspecified atom stereocenters. The molecule has 0 bridgehead atoms. The highest BCUT2D eigenvalue weighted by Crippen LogP contribution is 2.42. The first kappa shape index (κ1) is 33.1. The lowest BCUT2D eigenvalue weighted by Gasteiger charge is -2.13. The van der Waals surface area contributed by atoms with Crippen LogP contribution in [0.2, 0.25) is 0 Å². The van der Waals surface area contributed by atoms with Gasteiger partial charge in [0, 0.05) is 57.0 Å². The van der Waals surface area contributed by atoms with Crippen molar-refractivity contribution in [2.75, 3.05) is 0 Å². The topological polar surface area (TPSA) is 38.7 Å². The van der Waals surface area contributed by atoms with E-state index in [1.165, 1.54) is 62.2 Å². The molecule has 0 saturated heterocycles. The number of benzene rings is 9. The summed E-state index contributed by atoms with van der Waals surface area (Å²) in [6, 6.07) is 67.3. The SMILES string of the molecule is c1ccc2c(c1)cc(-c1nc(-c3ccc(-c4cccc5sc6ccccc6c45)cc3)nc(-c3ccc(-c4cccc5sc6ccccc6c45)cc3)n1)c1ccccc12. The Morgan fingerprint density at radius 2 is 0.690 bits per heavy atom. The largest absolute Gasteiger partial charge is 0.208 e. The van der Waals surface area contributed by atoms with Crippen molar-refractivity contribution in [3.8, 4) is 56.4 Å². The second kappa shape index (κ2) is 13.3. The van der Waals surface area contributed by atoms with E-state index in [9.17, 15) is 0 Å². The summed E-state index contributed by atoms with van der Waals surface area (Å²) < 4.78 is 5.20. The molecule has 58 heavy (non-hydrogen) atoms. The number of thiophene rings is 2. The van der Waals surface area contributed by atoms with Gasteiger partial charge in [-0.2, -0.15) is 0 Å². The first-order valence-electron chi connectivity index (χ1n) is 19.4. The molecule has 0 fully saturated rings. The first-order valence-corrected chi connectivity index (χ1v) is 21.1. The van der Waals surface area contributed by atoms with Crippen molar-refractivity contribution in [3.63, 3.8) is 0 Å². The van der Waals surface area contributed by atoms with Crippen LogP contribution in [0.4, 0.5) is 0 Å². The summed E-state index contributed by atoms with van der Waals surface area (Å²) >= 11 is 3.69. The minimum atomic E-state index is 0.640. The average molecular weight is 774 g/mol. The molecule has 0 spiro atoms. The van der Waals surface area contributed by atoms with Crippen molar-refractivity contribution in [2.24, 2.45) is 0 Å². The second-order valence-corrected chi connectivity index (χ2v) is 16.9. The van der Waals surface area contributed by atoms with Crippen LogP contribution in [0.3, 0.4) is 0 Å². The molecule has 3 nitrogen and oxygen atoms in total. The third-order valence-corrected chi connectivity index (χ3v) is 13.6. The van der Waals surface area contributed by atoms with Crippen molar-refractivity contribution >= 4 is 84.6 Å². The van der Waals surface area contributed by atoms with Crippen LogP contribution in [-0.2, 0) is 0 Å². The standard InChI is InChI=1S/C53H31N3S2/c1-2-12-37-36(11-1)31-44(41-14-4-3-13-40(37)41)53-55-51(34-27-23-32(24-28-34)38-17-9-21-47-49(38)42-15-5-7-19-45(42)57-47)54-52(56-53)35-29-25-33(26-30-35)39-18-10-22-48-50(39)43-16-6-8-20-46(43)58-48/h1-31H. The Kier molecular flexibility index (Phi) is 7.58. The van der Waals surface area contributed by atoms with E-state index in [-0.39, 0.29) is 0 Å². The summed E-state index contributed by atoms with van der Waals surface area (Å²) in [5.41, 5.74) is 7.65. The zero-order valence-electron chi connectivity index (χ0n) is 31.1. The van der Waals surface area contributed by atoms with E-state index in [2.05, 4.69) is 188 Å². The van der Waals surface area contributed by atoms with Crippen LogP contribution in [0.25, 0.3) is 118 Å². The van der Waals surface area contributed by atoms with Crippen LogP contribution in [0.5, 0.6) is 0 Å². The summed E-state index contributed by atoms with van der Waals surface area (Å²) in [5.74, 6) is 1.93. The predicted molar refractivity (Wildman–Crippen MR) is 248 cm³/mol. The number of hydrogen-bond acceptors (Lipinski definition) is 5. The maximum atomic E-state index is 5.24. The Morgan fingerprint density at radius 1 is 0.276 bits per heavy atom. The van der Waals surface area contributed by atoms with Gasteiger partial charge in [-0.3, -0.25) is 0 Å². The molecule has 0 radical (unpaired) electrons. The molecule has 5 heteroatoms. The molecule has 0 aliphatic heterocycles. The molecular formula is C53H31N3S2. The van der Waals surface area contributed by atoms with Gasteiger partial charge < -0.3 is 0 Å². The van der Waals surface area contributed by atoms with Crippen LogP contribution in [-0.4, -0.2) is 15.0 Å². The lowest BCUT2D eigenvalue weighted by atomic mass is 9.96. The molecule has 0 atom stereocenters. The molecule has 0 aliphatic carbocycles. The highest BCUT2D eigenvalue weighted by Gasteiger charge is 2.18. The summed E-state index contributed by atoms with van der Waals surface area (Å²) in [4.78, 5) is 15.7. The fourth-order valence-corrected chi connectivity index (χ4v) is 10.9. The number of nitrogens with zero attached hydrogens (tertiary/aromatic N) is 3. The second-order valence-electron chi connectivity index (χ2n) is 14.7. The van der Waals surface area contributed by atoms with Crippen molar-refractivity contribution in [1.82, 2.24) is 15.0 Å². The lowest BCUT2D eigenvalue weighted by molar-refractivity contribution is 1.08. The normalized spacial score (nSPS) is 11.8. The number of rotatable bonds is 5. The smallest absolute Gasteiger partial charge is 0.164 e. The van der Waals surface area contributed by atoms with Gasteiger partial charge in [-0.15, -0.1) is 22.7 Å². The first-order chi connectivity index (χ1) is 28.7. The Labute approximate surface area is 342 Å². The molecule has 0 N–H and O–H groups in total. The Hall–Kier alpha value is -7.05. The van der Waals surface area contributed by atoms with E-state index in [0.29, 0.717) is 17.5 Å². The van der Waals surface area contributed by atoms with Gasteiger partial charge in [0.25, 0.3) is 0 Å². The molecule has 270 valence electrons. The van der Waals surface area contributed by atoms with Crippen LogP contribution in [0, 0.1) is 0 Å². The van der Waals surface area contributed by atoms with Gasteiger partial charge in [0.2, 0.25) is 0 Å². The van der Waals surface area contributed by atoms with Gasteiger partial charge in [0.05, 0.1) is 0 Å². The fraction of sp³-hybridized carbons (Fsp3) is 0. The number of hydrogen-bond donors (Lipinski definition) is 0. The van der Waals surface area contributed by atoms with Crippen molar-refractivity contribution in [1.29, 1.82) is 0 Å². The molecule has 3 heterocycles. The van der Waals surface area contributed by atoms with E-state index in [0.717, 1.165) is 38.6 Å². The summed E-state index contributed by atoms with van der Waals surface area (Å²) in [7, 11) is 0. The van der Waals surface area contributed by atoms with Crippen LogP contribution >= 0.6 is 22.7 Å². The zero-order valence-corrected chi connectivity index (χ0v) is 32.7. The van der Waals surface area contributed by atoms with Gasteiger partial charge in [-0.05, 0) is 74.1 Å². The summed E-state index contributed by atoms with van der Waals surface area (Å²) in [6.07, 6.45) is 0. The molecule has 0 amide bonds. The molecule has 3 aromatic heterocycles. The van der Waals surface area contributed by atoms with Gasteiger partial charge >= 0.3 is 0 Å². The van der Waals surface area contributed by atoms with Gasteiger partial charge in [0.15, 0.2) is 17.5 Å². The Morgan fingerprint density at radius 3 is 1.24 bits per heavy atom. The molecule has 0 aliphatic rings.